The second-order valence-electron chi connectivity index (χ2n) is 6.59. The first-order valence-electron chi connectivity index (χ1n) is 8.78. The van der Waals surface area contributed by atoms with E-state index >= 15 is 0 Å². The van der Waals surface area contributed by atoms with Crippen molar-refractivity contribution in [3.63, 3.8) is 0 Å². The molecule has 3 heterocycles. The SMILES string of the molecule is CCC(C)Oc1cc(CNC(=O)C2NNC3CCNCC32)ccn1.Cl. The third-order valence-electron chi connectivity index (χ3n) is 4.83. The summed E-state index contributed by atoms with van der Waals surface area (Å²) < 4.78 is 5.73. The summed E-state index contributed by atoms with van der Waals surface area (Å²) in [5.74, 6) is 0.925. The molecule has 2 aliphatic rings. The lowest BCUT2D eigenvalue weighted by molar-refractivity contribution is -0.124. The summed E-state index contributed by atoms with van der Waals surface area (Å²) >= 11 is 0. The van der Waals surface area contributed by atoms with E-state index in [2.05, 4.69) is 33.4 Å². The molecule has 2 aliphatic heterocycles. The van der Waals surface area contributed by atoms with E-state index in [0.29, 0.717) is 24.4 Å². The molecule has 2 saturated heterocycles. The summed E-state index contributed by atoms with van der Waals surface area (Å²) in [5, 5.41) is 6.38. The van der Waals surface area contributed by atoms with Gasteiger partial charge in [0, 0.05) is 37.3 Å². The number of carbonyl (C=O) groups excluding carboxylic acids is 1. The van der Waals surface area contributed by atoms with Crippen LogP contribution in [0.3, 0.4) is 0 Å². The number of piperidine rings is 1. The van der Waals surface area contributed by atoms with Gasteiger partial charge >= 0.3 is 0 Å². The van der Waals surface area contributed by atoms with Gasteiger partial charge in [-0.05, 0) is 37.9 Å². The fourth-order valence-corrected chi connectivity index (χ4v) is 3.19. The number of nitrogens with zero attached hydrogens (tertiary/aromatic N) is 1. The minimum Gasteiger partial charge on any atom is -0.475 e. The predicted molar refractivity (Wildman–Crippen MR) is 98.5 cm³/mol. The molecule has 1 aromatic heterocycles. The minimum absolute atomic E-state index is 0. The van der Waals surface area contributed by atoms with Gasteiger partial charge in [-0.1, -0.05) is 6.92 Å². The van der Waals surface area contributed by atoms with E-state index in [1.165, 1.54) is 0 Å². The Bertz CT molecular complexity index is 574. The largest absolute Gasteiger partial charge is 0.475 e. The van der Waals surface area contributed by atoms with Gasteiger partial charge in [0.05, 0.1) is 6.10 Å². The average molecular weight is 370 g/mol. The van der Waals surface area contributed by atoms with E-state index in [-0.39, 0.29) is 30.5 Å². The fraction of sp³-hybridized carbons (Fsp3) is 0.647. The van der Waals surface area contributed by atoms with Crippen LogP contribution in [0.25, 0.3) is 0 Å². The first-order chi connectivity index (χ1) is 11.7. The highest BCUT2D eigenvalue weighted by atomic mass is 35.5. The number of hydrazine groups is 1. The number of rotatable bonds is 6. The normalized spacial score (nSPS) is 26.2. The Morgan fingerprint density at radius 3 is 3.12 bits per heavy atom. The summed E-state index contributed by atoms with van der Waals surface area (Å²) in [5.41, 5.74) is 7.37. The molecule has 4 atom stereocenters. The quantitative estimate of drug-likeness (QED) is 0.592. The molecule has 7 nitrogen and oxygen atoms in total. The van der Waals surface area contributed by atoms with Gasteiger partial charge in [-0.2, -0.15) is 0 Å². The number of aromatic nitrogens is 1. The molecule has 8 heteroatoms. The predicted octanol–water partition coefficient (Wildman–Crippen LogP) is 0.751. The maximum absolute atomic E-state index is 12.5. The van der Waals surface area contributed by atoms with Crippen molar-refractivity contribution < 1.29 is 9.53 Å². The van der Waals surface area contributed by atoms with Crippen LogP contribution in [0.4, 0.5) is 0 Å². The average Bonchev–Trinajstić information content (AvgIpc) is 3.04. The van der Waals surface area contributed by atoms with Gasteiger partial charge in [0.2, 0.25) is 11.8 Å². The Morgan fingerprint density at radius 1 is 1.48 bits per heavy atom. The molecule has 0 spiro atoms. The summed E-state index contributed by atoms with van der Waals surface area (Å²) in [6, 6.07) is 3.96. The first kappa shape index (κ1) is 19.9. The van der Waals surface area contributed by atoms with Crippen molar-refractivity contribution in [2.75, 3.05) is 13.1 Å². The Hall–Kier alpha value is -1.41. The van der Waals surface area contributed by atoms with E-state index in [0.717, 1.165) is 31.5 Å². The van der Waals surface area contributed by atoms with Crippen molar-refractivity contribution in [3.8, 4) is 5.88 Å². The smallest absolute Gasteiger partial charge is 0.239 e. The van der Waals surface area contributed by atoms with Gasteiger partial charge in [-0.3, -0.25) is 10.2 Å². The van der Waals surface area contributed by atoms with Gasteiger partial charge in [-0.25, -0.2) is 10.4 Å². The number of carbonyl (C=O) groups is 1. The maximum Gasteiger partial charge on any atom is 0.239 e. The molecule has 0 bridgehead atoms. The number of hydrogen-bond acceptors (Lipinski definition) is 6. The van der Waals surface area contributed by atoms with Crippen molar-refractivity contribution in [1.29, 1.82) is 0 Å². The number of ether oxygens (including phenoxy) is 1. The zero-order chi connectivity index (χ0) is 16.9. The van der Waals surface area contributed by atoms with Gasteiger partial charge < -0.3 is 15.4 Å². The van der Waals surface area contributed by atoms with Crippen LogP contribution in [0.1, 0.15) is 32.3 Å². The Labute approximate surface area is 155 Å². The molecule has 140 valence electrons. The molecule has 4 unspecified atom stereocenters. The van der Waals surface area contributed by atoms with Crippen LogP contribution in [0.2, 0.25) is 0 Å². The molecule has 0 aliphatic carbocycles. The highest BCUT2D eigenvalue weighted by Crippen LogP contribution is 2.20. The van der Waals surface area contributed by atoms with Crippen LogP contribution in [0, 0.1) is 5.92 Å². The third kappa shape index (κ3) is 5.04. The molecular formula is C17H28ClN5O2. The Balaban J connectivity index is 0.00000225. The molecule has 0 aromatic carbocycles. The monoisotopic (exact) mass is 369 g/mol. The topological polar surface area (TPSA) is 87.3 Å². The van der Waals surface area contributed by atoms with E-state index in [9.17, 15) is 4.79 Å². The van der Waals surface area contributed by atoms with Gasteiger partial charge in [0.15, 0.2) is 0 Å². The number of amides is 1. The van der Waals surface area contributed by atoms with Gasteiger partial charge in [0.25, 0.3) is 0 Å². The lowest BCUT2D eigenvalue weighted by atomic mass is 9.89. The van der Waals surface area contributed by atoms with Crippen molar-refractivity contribution in [2.24, 2.45) is 5.92 Å². The third-order valence-corrected chi connectivity index (χ3v) is 4.83. The van der Waals surface area contributed by atoms with E-state index in [1.54, 1.807) is 6.20 Å². The highest BCUT2D eigenvalue weighted by Gasteiger charge is 2.40. The van der Waals surface area contributed by atoms with Crippen LogP contribution in [-0.4, -0.2) is 42.2 Å². The maximum atomic E-state index is 12.5. The fourth-order valence-electron chi connectivity index (χ4n) is 3.19. The zero-order valence-electron chi connectivity index (χ0n) is 14.7. The molecule has 1 aromatic rings. The molecule has 0 saturated carbocycles. The number of nitrogens with one attached hydrogen (secondary N) is 4. The number of fused-ring (bicyclic) bond motifs is 1. The minimum atomic E-state index is -0.194. The summed E-state index contributed by atoms with van der Waals surface area (Å²) in [4.78, 5) is 16.7. The molecule has 0 radical (unpaired) electrons. The standard InChI is InChI=1S/C17H27N5O2.ClH/c1-3-11(2)24-15-8-12(4-7-19-15)9-20-17(23)16-13-10-18-6-5-14(13)21-22-16;/h4,7-8,11,13-14,16,18,21-22H,3,5-6,9-10H2,1-2H3,(H,20,23);1H. The van der Waals surface area contributed by atoms with Crippen LogP contribution in [-0.2, 0) is 11.3 Å². The summed E-state index contributed by atoms with van der Waals surface area (Å²) in [6.45, 7) is 6.43. The first-order valence-corrected chi connectivity index (χ1v) is 8.78. The Morgan fingerprint density at radius 2 is 2.32 bits per heavy atom. The summed E-state index contributed by atoms with van der Waals surface area (Å²) in [7, 11) is 0. The number of pyridine rings is 1. The molecule has 4 N–H and O–H groups in total. The zero-order valence-corrected chi connectivity index (χ0v) is 15.6. The lowest BCUT2D eigenvalue weighted by Gasteiger charge is -2.27. The number of halogens is 1. The summed E-state index contributed by atoms with van der Waals surface area (Å²) in [6.07, 6.45) is 3.82. The van der Waals surface area contributed by atoms with Gasteiger partial charge in [0.1, 0.15) is 6.04 Å². The van der Waals surface area contributed by atoms with Crippen molar-refractivity contribution >= 4 is 18.3 Å². The van der Waals surface area contributed by atoms with Crippen LogP contribution in [0.15, 0.2) is 18.3 Å². The van der Waals surface area contributed by atoms with Crippen molar-refractivity contribution in [1.82, 2.24) is 26.5 Å². The molecular weight excluding hydrogens is 342 g/mol. The second kappa shape index (κ2) is 9.33. The lowest BCUT2D eigenvalue weighted by Crippen LogP contribution is -2.49. The second-order valence-corrected chi connectivity index (χ2v) is 6.59. The van der Waals surface area contributed by atoms with E-state index in [1.807, 2.05) is 19.1 Å². The van der Waals surface area contributed by atoms with Crippen molar-refractivity contribution in [2.45, 2.75) is 51.4 Å². The van der Waals surface area contributed by atoms with Crippen LogP contribution >= 0.6 is 12.4 Å². The molecule has 25 heavy (non-hydrogen) atoms. The molecule has 3 rings (SSSR count). The Kier molecular flexibility index (Phi) is 7.43. The van der Waals surface area contributed by atoms with Gasteiger partial charge in [-0.15, -0.1) is 12.4 Å². The highest BCUT2D eigenvalue weighted by molar-refractivity contribution is 5.85. The molecule has 2 fully saturated rings. The van der Waals surface area contributed by atoms with Crippen LogP contribution < -0.4 is 26.2 Å². The van der Waals surface area contributed by atoms with E-state index in [4.69, 9.17) is 4.74 Å². The number of hydrogen-bond donors (Lipinski definition) is 4. The van der Waals surface area contributed by atoms with Crippen LogP contribution in [0.5, 0.6) is 5.88 Å². The molecule has 1 amide bonds. The van der Waals surface area contributed by atoms with Crippen molar-refractivity contribution in [3.05, 3.63) is 23.9 Å². The van der Waals surface area contributed by atoms with E-state index < -0.39 is 0 Å².